The molecule has 1 N–H and O–H groups in total. The minimum atomic E-state index is -0.187. The van der Waals surface area contributed by atoms with Gasteiger partial charge in [-0.05, 0) is 30.2 Å². The number of morpholine rings is 1. The summed E-state index contributed by atoms with van der Waals surface area (Å²) in [5.41, 5.74) is 1.74. The summed E-state index contributed by atoms with van der Waals surface area (Å²) in [4.78, 5) is 6.53. The van der Waals surface area contributed by atoms with Crippen LogP contribution in [0.25, 0.3) is 0 Å². The van der Waals surface area contributed by atoms with Crippen molar-refractivity contribution in [3.63, 3.8) is 0 Å². The van der Waals surface area contributed by atoms with Crippen molar-refractivity contribution in [1.29, 1.82) is 0 Å². The first-order valence-electron chi connectivity index (χ1n) is 8.56. The minimum Gasteiger partial charge on any atom is -0.370 e. The van der Waals surface area contributed by atoms with Crippen LogP contribution in [0.4, 0.5) is 4.39 Å². The van der Waals surface area contributed by atoms with Gasteiger partial charge in [-0.1, -0.05) is 15.9 Å². The molecule has 1 unspecified atom stereocenters. The normalized spacial score (nSPS) is 17.6. The topological polar surface area (TPSA) is 54.7 Å². The van der Waals surface area contributed by atoms with Gasteiger partial charge in [0.15, 0.2) is 5.96 Å². The van der Waals surface area contributed by atoms with Crippen molar-refractivity contribution in [3.8, 4) is 0 Å². The number of aryl methyl sites for hydroxylation is 1. The van der Waals surface area contributed by atoms with Crippen LogP contribution in [0.1, 0.15) is 17.2 Å². The molecule has 2 aromatic rings. The van der Waals surface area contributed by atoms with Gasteiger partial charge in [-0.25, -0.2) is 4.39 Å². The summed E-state index contributed by atoms with van der Waals surface area (Å²) in [6.45, 7) is 2.70. The maximum atomic E-state index is 13.9. The van der Waals surface area contributed by atoms with Crippen LogP contribution in [0.2, 0.25) is 0 Å². The number of benzene rings is 1. The number of guanidine groups is 1. The summed E-state index contributed by atoms with van der Waals surface area (Å²) >= 11 is 3.38. The molecular formula is C18H24BrFIN5O. The molecule has 1 aromatic heterocycles. The van der Waals surface area contributed by atoms with E-state index in [1.165, 1.54) is 6.07 Å². The van der Waals surface area contributed by atoms with Crippen molar-refractivity contribution in [2.45, 2.75) is 12.5 Å². The first-order valence-corrected chi connectivity index (χ1v) is 9.36. The number of rotatable bonds is 4. The van der Waals surface area contributed by atoms with Gasteiger partial charge in [0.05, 0.1) is 19.3 Å². The van der Waals surface area contributed by atoms with Crippen LogP contribution in [-0.4, -0.2) is 53.9 Å². The average Bonchev–Trinajstić information content (AvgIpc) is 3.08. The van der Waals surface area contributed by atoms with Crippen LogP contribution in [0.15, 0.2) is 40.1 Å². The maximum absolute atomic E-state index is 13.9. The monoisotopic (exact) mass is 551 g/mol. The zero-order valence-electron chi connectivity index (χ0n) is 15.4. The van der Waals surface area contributed by atoms with Crippen molar-refractivity contribution in [2.24, 2.45) is 12.0 Å². The van der Waals surface area contributed by atoms with Gasteiger partial charge >= 0.3 is 0 Å². The van der Waals surface area contributed by atoms with Crippen molar-refractivity contribution < 1.29 is 9.13 Å². The van der Waals surface area contributed by atoms with Gasteiger partial charge in [0.1, 0.15) is 11.9 Å². The molecule has 0 bridgehead atoms. The summed E-state index contributed by atoms with van der Waals surface area (Å²) < 4.78 is 22.4. The minimum absolute atomic E-state index is 0. The maximum Gasteiger partial charge on any atom is 0.193 e. The third-order valence-corrected chi connectivity index (χ3v) is 4.85. The van der Waals surface area contributed by atoms with Crippen LogP contribution in [0, 0.1) is 5.82 Å². The van der Waals surface area contributed by atoms with E-state index in [9.17, 15) is 4.39 Å². The third-order valence-electron chi connectivity index (χ3n) is 4.36. The highest BCUT2D eigenvalue weighted by atomic mass is 127. The summed E-state index contributed by atoms with van der Waals surface area (Å²) in [6, 6.07) is 5.00. The molecule has 0 spiro atoms. The largest absolute Gasteiger partial charge is 0.370 e. The van der Waals surface area contributed by atoms with E-state index in [4.69, 9.17) is 4.74 Å². The molecule has 1 fully saturated rings. The third kappa shape index (κ3) is 5.89. The van der Waals surface area contributed by atoms with Gasteiger partial charge in [0.25, 0.3) is 0 Å². The summed E-state index contributed by atoms with van der Waals surface area (Å²) in [5.74, 6) is 0.616. The molecule has 3 rings (SSSR count). The molecule has 0 radical (unpaired) electrons. The Bertz CT molecular complexity index is 785. The predicted molar refractivity (Wildman–Crippen MR) is 118 cm³/mol. The lowest BCUT2D eigenvalue weighted by molar-refractivity contribution is -0.00800. The Hall–Kier alpha value is -1.20. The van der Waals surface area contributed by atoms with Crippen LogP contribution in [0.3, 0.4) is 0 Å². The Morgan fingerprint density at radius 2 is 2.30 bits per heavy atom. The van der Waals surface area contributed by atoms with Crippen molar-refractivity contribution >= 4 is 45.9 Å². The van der Waals surface area contributed by atoms with E-state index in [1.807, 2.05) is 25.5 Å². The predicted octanol–water partition coefficient (Wildman–Crippen LogP) is 3.13. The lowest BCUT2D eigenvalue weighted by atomic mass is 10.1. The molecule has 0 amide bonds. The highest BCUT2D eigenvalue weighted by Gasteiger charge is 2.25. The highest BCUT2D eigenvalue weighted by Crippen LogP contribution is 2.21. The van der Waals surface area contributed by atoms with Gasteiger partial charge in [-0.15, -0.1) is 24.0 Å². The van der Waals surface area contributed by atoms with Crippen LogP contribution in [-0.2, 0) is 18.2 Å². The zero-order chi connectivity index (χ0) is 18.5. The molecule has 0 saturated carbocycles. The SMILES string of the molecule is CN=C(NCCc1cc(Br)ccc1F)N1CCOC(c2cnn(C)c2)C1.I. The number of nitrogens with zero attached hydrogens (tertiary/aromatic N) is 4. The smallest absolute Gasteiger partial charge is 0.193 e. The van der Waals surface area contributed by atoms with Gasteiger partial charge < -0.3 is 15.0 Å². The van der Waals surface area contributed by atoms with E-state index in [2.05, 4.69) is 36.2 Å². The van der Waals surface area contributed by atoms with E-state index in [0.717, 1.165) is 22.5 Å². The van der Waals surface area contributed by atoms with Crippen molar-refractivity contribution in [3.05, 3.63) is 52.0 Å². The molecule has 9 heteroatoms. The Balaban J connectivity index is 0.00000261. The fourth-order valence-electron chi connectivity index (χ4n) is 3.03. The molecule has 1 atom stereocenters. The second-order valence-electron chi connectivity index (χ2n) is 6.21. The van der Waals surface area contributed by atoms with Crippen molar-refractivity contribution in [2.75, 3.05) is 33.3 Å². The van der Waals surface area contributed by atoms with Gasteiger partial charge in [0, 0.05) is 43.4 Å². The van der Waals surface area contributed by atoms with Gasteiger partial charge in [0.2, 0.25) is 0 Å². The lowest BCUT2D eigenvalue weighted by Crippen LogP contribution is -2.48. The molecule has 1 aromatic carbocycles. The van der Waals surface area contributed by atoms with E-state index >= 15 is 0 Å². The quantitative estimate of drug-likeness (QED) is 0.360. The van der Waals surface area contributed by atoms with E-state index in [0.29, 0.717) is 31.7 Å². The molecule has 27 heavy (non-hydrogen) atoms. The number of aliphatic imine (C=N–C) groups is 1. The Kier molecular flexibility index (Phi) is 8.49. The Morgan fingerprint density at radius 1 is 1.48 bits per heavy atom. The first kappa shape index (κ1) is 22.1. The molecule has 148 valence electrons. The molecule has 2 heterocycles. The average molecular weight is 552 g/mol. The van der Waals surface area contributed by atoms with Gasteiger partial charge in [-0.3, -0.25) is 9.67 Å². The Morgan fingerprint density at radius 3 is 3.00 bits per heavy atom. The zero-order valence-corrected chi connectivity index (χ0v) is 19.3. The highest BCUT2D eigenvalue weighted by molar-refractivity contribution is 14.0. The number of aromatic nitrogens is 2. The van der Waals surface area contributed by atoms with Crippen LogP contribution >= 0.6 is 39.9 Å². The van der Waals surface area contributed by atoms with Crippen LogP contribution < -0.4 is 5.32 Å². The molecule has 6 nitrogen and oxygen atoms in total. The second kappa shape index (κ2) is 10.4. The van der Waals surface area contributed by atoms with Crippen LogP contribution in [0.5, 0.6) is 0 Å². The first-order chi connectivity index (χ1) is 12.6. The standard InChI is InChI=1S/C18H23BrFN5O.HI/c1-21-18(22-6-5-13-9-15(19)3-4-16(13)20)25-7-8-26-17(12-25)14-10-23-24(2)11-14;/h3-4,9-11,17H,5-8,12H2,1-2H3,(H,21,22);1H. The molecule has 1 saturated heterocycles. The Labute approximate surface area is 184 Å². The number of halogens is 3. The molecule has 1 aliphatic heterocycles. The number of hydrogen-bond acceptors (Lipinski definition) is 3. The molecule has 1 aliphatic rings. The fourth-order valence-corrected chi connectivity index (χ4v) is 3.43. The van der Waals surface area contributed by atoms with Crippen molar-refractivity contribution in [1.82, 2.24) is 20.0 Å². The van der Waals surface area contributed by atoms with E-state index < -0.39 is 0 Å². The second-order valence-corrected chi connectivity index (χ2v) is 7.13. The lowest BCUT2D eigenvalue weighted by Gasteiger charge is -2.34. The summed E-state index contributed by atoms with van der Waals surface area (Å²) in [7, 11) is 3.65. The molecule has 0 aliphatic carbocycles. The summed E-state index contributed by atoms with van der Waals surface area (Å²) in [5, 5.41) is 7.54. The molecular weight excluding hydrogens is 528 g/mol. The fraction of sp³-hybridized carbons (Fsp3) is 0.444. The van der Waals surface area contributed by atoms with E-state index in [1.54, 1.807) is 17.8 Å². The van der Waals surface area contributed by atoms with E-state index in [-0.39, 0.29) is 35.9 Å². The summed E-state index contributed by atoms with van der Waals surface area (Å²) in [6.07, 6.45) is 4.36. The van der Waals surface area contributed by atoms with Gasteiger partial charge in [-0.2, -0.15) is 5.10 Å². The number of nitrogens with one attached hydrogen (secondary N) is 1. The number of ether oxygens (including phenoxy) is 1. The number of hydrogen-bond donors (Lipinski definition) is 1.